The van der Waals surface area contributed by atoms with Gasteiger partial charge >= 0.3 is 0 Å². The largest absolute Gasteiger partial charge is 0.367 e. The minimum absolute atomic E-state index is 0.0269. The predicted octanol–water partition coefficient (Wildman–Crippen LogP) is 4.39. The van der Waals surface area contributed by atoms with E-state index >= 15 is 0 Å². The van der Waals surface area contributed by atoms with Crippen LogP contribution in [0.4, 0.5) is 10.1 Å². The molecule has 1 fully saturated rings. The van der Waals surface area contributed by atoms with Crippen molar-refractivity contribution in [3.63, 3.8) is 0 Å². The molecule has 0 radical (unpaired) electrons. The van der Waals surface area contributed by atoms with E-state index < -0.39 is 0 Å². The molecule has 5 nitrogen and oxygen atoms in total. The number of nitrogens with zero attached hydrogens (tertiary/aromatic N) is 2. The van der Waals surface area contributed by atoms with Crippen LogP contribution in [0.5, 0.6) is 0 Å². The number of para-hydroxylation sites is 2. The predicted molar refractivity (Wildman–Crippen MR) is 130 cm³/mol. The lowest BCUT2D eigenvalue weighted by Gasteiger charge is -2.35. The fourth-order valence-corrected chi connectivity index (χ4v) is 4.84. The summed E-state index contributed by atoms with van der Waals surface area (Å²) in [6, 6.07) is 19.8. The number of carbonyl (C=O) groups is 1. The summed E-state index contributed by atoms with van der Waals surface area (Å²) in [6.45, 7) is 3.39. The summed E-state index contributed by atoms with van der Waals surface area (Å²) in [4.78, 5) is 28.0. The van der Waals surface area contributed by atoms with Gasteiger partial charge in [-0.05, 0) is 61.7 Å². The molecule has 1 atom stereocenters. The van der Waals surface area contributed by atoms with E-state index in [0.29, 0.717) is 23.0 Å². The molecule has 5 rings (SSSR count). The van der Waals surface area contributed by atoms with Crippen LogP contribution in [0.3, 0.4) is 0 Å². The van der Waals surface area contributed by atoms with Crippen LogP contribution in [-0.2, 0) is 11.3 Å². The molecule has 1 aromatic heterocycles. The molecule has 6 heteroatoms. The standard InChI is InChI=1S/C27H26FN3O2/c1-18-12-13-22(28)25(15-18)30-14-6-7-19(16-30)29-26(32)17-31-23-10-4-2-8-20(23)27(33)21-9-3-5-11-24(21)31/h2-5,8-13,15,19H,6-7,14,16-17H2,1H3,(H,29,32). The number of aromatic nitrogens is 1. The second-order valence-corrected chi connectivity index (χ2v) is 8.76. The Balaban J connectivity index is 1.40. The molecule has 1 saturated heterocycles. The Bertz CT molecular complexity index is 1350. The zero-order valence-electron chi connectivity index (χ0n) is 18.6. The van der Waals surface area contributed by atoms with Gasteiger partial charge < -0.3 is 14.8 Å². The first-order chi connectivity index (χ1) is 16.0. The maximum Gasteiger partial charge on any atom is 0.240 e. The van der Waals surface area contributed by atoms with E-state index in [2.05, 4.69) is 5.32 Å². The van der Waals surface area contributed by atoms with Crippen molar-refractivity contribution in [2.75, 3.05) is 18.0 Å². The summed E-state index contributed by atoms with van der Waals surface area (Å²) in [5, 5.41) is 4.34. The zero-order valence-corrected chi connectivity index (χ0v) is 18.6. The van der Waals surface area contributed by atoms with Crippen molar-refractivity contribution in [2.24, 2.45) is 0 Å². The summed E-state index contributed by atoms with van der Waals surface area (Å²) in [5.74, 6) is -0.357. The molecule has 1 unspecified atom stereocenters. The number of piperidine rings is 1. The van der Waals surface area contributed by atoms with Crippen LogP contribution < -0.4 is 15.6 Å². The maximum absolute atomic E-state index is 14.4. The Morgan fingerprint density at radius 3 is 2.39 bits per heavy atom. The molecule has 0 aliphatic carbocycles. The Labute approximate surface area is 191 Å². The van der Waals surface area contributed by atoms with Crippen molar-refractivity contribution < 1.29 is 9.18 Å². The lowest BCUT2D eigenvalue weighted by molar-refractivity contribution is -0.122. The summed E-state index contributed by atoms with van der Waals surface area (Å²) in [5.41, 5.74) is 3.05. The molecular weight excluding hydrogens is 417 g/mol. The minimum Gasteiger partial charge on any atom is -0.367 e. The van der Waals surface area contributed by atoms with Gasteiger partial charge in [-0.25, -0.2) is 4.39 Å². The smallest absolute Gasteiger partial charge is 0.240 e. The number of aryl methyl sites for hydroxylation is 1. The van der Waals surface area contributed by atoms with Crippen LogP contribution in [0.15, 0.2) is 71.5 Å². The van der Waals surface area contributed by atoms with E-state index in [1.807, 2.05) is 58.9 Å². The second-order valence-electron chi connectivity index (χ2n) is 8.76. The zero-order chi connectivity index (χ0) is 22.9. The molecule has 1 N–H and O–H groups in total. The average molecular weight is 444 g/mol. The van der Waals surface area contributed by atoms with Crippen LogP contribution >= 0.6 is 0 Å². The Hall–Kier alpha value is -3.67. The van der Waals surface area contributed by atoms with Gasteiger partial charge in [0, 0.05) is 29.9 Å². The van der Waals surface area contributed by atoms with Crippen molar-refractivity contribution >= 4 is 33.4 Å². The molecule has 0 spiro atoms. The highest BCUT2D eigenvalue weighted by atomic mass is 19.1. The molecule has 0 bridgehead atoms. The van der Waals surface area contributed by atoms with Gasteiger partial charge in [0.2, 0.25) is 5.91 Å². The van der Waals surface area contributed by atoms with Crippen LogP contribution in [0.2, 0.25) is 0 Å². The highest BCUT2D eigenvalue weighted by molar-refractivity contribution is 5.94. The highest BCUT2D eigenvalue weighted by Crippen LogP contribution is 2.25. The molecular formula is C27H26FN3O2. The monoisotopic (exact) mass is 443 g/mol. The van der Waals surface area contributed by atoms with Gasteiger partial charge in [0.05, 0.1) is 16.7 Å². The maximum atomic E-state index is 14.4. The van der Waals surface area contributed by atoms with Gasteiger partial charge in [0.25, 0.3) is 0 Å². The summed E-state index contributed by atoms with van der Waals surface area (Å²) < 4.78 is 16.3. The third-order valence-corrected chi connectivity index (χ3v) is 6.41. The van der Waals surface area contributed by atoms with Gasteiger partial charge in [-0.15, -0.1) is 0 Å². The number of anilines is 1. The lowest BCUT2D eigenvalue weighted by atomic mass is 10.0. The van der Waals surface area contributed by atoms with E-state index in [1.165, 1.54) is 6.07 Å². The van der Waals surface area contributed by atoms with Gasteiger partial charge in [-0.2, -0.15) is 0 Å². The first-order valence-corrected chi connectivity index (χ1v) is 11.3. The average Bonchev–Trinajstić information content (AvgIpc) is 2.83. The van der Waals surface area contributed by atoms with Crippen molar-refractivity contribution in [3.05, 3.63) is 88.3 Å². The molecule has 168 valence electrons. The molecule has 1 aliphatic heterocycles. The Morgan fingerprint density at radius 2 is 1.70 bits per heavy atom. The van der Waals surface area contributed by atoms with Crippen molar-refractivity contribution in [3.8, 4) is 0 Å². The van der Waals surface area contributed by atoms with Gasteiger partial charge in [0.1, 0.15) is 12.4 Å². The van der Waals surface area contributed by atoms with Gasteiger partial charge in [-0.3, -0.25) is 9.59 Å². The van der Waals surface area contributed by atoms with Crippen molar-refractivity contribution in [1.82, 2.24) is 9.88 Å². The van der Waals surface area contributed by atoms with E-state index in [-0.39, 0.29) is 29.7 Å². The summed E-state index contributed by atoms with van der Waals surface area (Å²) in [6.07, 6.45) is 1.73. The van der Waals surface area contributed by atoms with Crippen LogP contribution in [0.1, 0.15) is 18.4 Å². The number of hydrogen-bond acceptors (Lipinski definition) is 3. The summed E-state index contributed by atoms with van der Waals surface area (Å²) in [7, 11) is 0. The first-order valence-electron chi connectivity index (χ1n) is 11.3. The topological polar surface area (TPSA) is 54.3 Å². The highest BCUT2D eigenvalue weighted by Gasteiger charge is 2.24. The van der Waals surface area contributed by atoms with Gasteiger partial charge in [0.15, 0.2) is 5.43 Å². The molecule has 0 saturated carbocycles. The Morgan fingerprint density at radius 1 is 1.03 bits per heavy atom. The molecule has 1 amide bonds. The fourth-order valence-electron chi connectivity index (χ4n) is 4.84. The number of amides is 1. The number of rotatable bonds is 4. The quantitative estimate of drug-likeness (QED) is 0.476. The van der Waals surface area contributed by atoms with E-state index in [1.54, 1.807) is 18.2 Å². The van der Waals surface area contributed by atoms with Gasteiger partial charge in [-0.1, -0.05) is 30.3 Å². The minimum atomic E-state index is -0.237. The first kappa shape index (κ1) is 21.2. The number of benzene rings is 3. The van der Waals surface area contributed by atoms with E-state index in [4.69, 9.17) is 0 Å². The molecule has 2 heterocycles. The van der Waals surface area contributed by atoms with Crippen LogP contribution in [0.25, 0.3) is 21.8 Å². The molecule has 4 aromatic rings. The normalized spacial score (nSPS) is 16.3. The SMILES string of the molecule is Cc1ccc(F)c(N2CCCC(NC(=O)Cn3c4ccccc4c(=O)c4ccccc43)C2)c1. The lowest BCUT2D eigenvalue weighted by Crippen LogP contribution is -2.48. The second kappa shape index (κ2) is 8.70. The number of halogens is 1. The van der Waals surface area contributed by atoms with E-state index in [0.717, 1.165) is 36.0 Å². The molecule has 1 aliphatic rings. The number of nitrogens with one attached hydrogen (secondary N) is 1. The third-order valence-electron chi connectivity index (χ3n) is 6.41. The molecule has 3 aromatic carbocycles. The van der Waals surface area contributed by atoms with Crippen molar-refractivity contribution in [1.29, 1.82) is 0 Å². The summed E-state index contributed by atoms with van der Waals surface area (Å²) >= 11 is 0. The number of carbonyl (C=O) groups excluding carboxylic acids is 1. The van der Waals surface area contributed by atoms with E-state index in [9.17, 15) is 14.0 Å². The van der Waals surface area contributed by atoms with Crippen molar-refractivity contribution in [2.45, 2.75) is 32.4 Å². The van der Waals surface area contributed by atoms with Crippen LogP contribution in [0, 0.1) is 12.7 Å². The third kappa shape index (κ3) is 4.09. The molecule has 33 heavy (non-hydrogen) atoms. The Kier molecular flexibility index (Phi) is 5.58. The van der Waals surface area contributed by atoms with Crippen LogP contribution in [-0.4, -0.2) is 29.6 Å². The fraction of sp³-hybridized carbons (Fsp3) is 0.259. The number of fused-ring (bicyclic) bond motifs is 2. The number of pyridine rings is 1. The number of hydrogen-bond donors (Lipinski definition) is 1.